The molecule has 0 bridgehead atoms. The third kappa shape index (κ3) is 4.45. The van der Waals surface area contributed by atoms with Crippen LogP contribution < -0.4 is 4.74 Å². The first-order valence-electron chi connectivity index (χ1n) is 9.12. The van der Waals surface area contributed by atoms with Gasteiger partial charge in [-0.2, -0.15) is 0 Å². The minimum atomic E-state index is -0.805. The molecule has 0 N–H and O–H groups in total. The van der Waals surface area contributed by atoms with Crippen molar-refractivity contribution in [1.29, 1.82) is 0 Å². The number of nitrogens with zero attached hydrogens (tertiary/aromatic N) is 2. The molecule has 1 aromatic heterocycles. The van der Waals surface area contributed by atoms with Crippen molar-refractivity contribution < 1.29 is 19.1 Å². The van der Waals surface area contributed by atoms with Crippen LogP contribution in [0.15, 0.2) is 48.5 Å². The van der Waals surface area contributed by atoms with E-state index >= 15 is 0 Å². The van der Waals surface area contributed by atoms with E-state index in [1.165, 1.54) is 0 Å². The molecule has 0 radical (unpaired) electrons. The largest absolute Gasteiger partial charge is 0.481 e. The van der Waals surface area contributed by atoms with Gasteiger partial charge >= 0.3 is 5.97 Å². The van der Waals surface area contributed by atoms with Gasteiger partial charge in [0, 0.05) is 30.8 Å². The van der Waals surface area contributed by atoms with Gasteiger partial charge in [-0.3, -0.25) is 9.59 Å². The van der Waals surface area contributed by atoms with Gasteiger partial charge in [-0.25, -0.2) is 4.98 Å². The highest BCUT2D eigenvalue weighted by molar-refractivity contribution is 5.98. The fraction of sp³-hybridized carbons (Fsp3) is 0.381. The van der Waals surface area contributed by atoms with Gasteiger partial charge in [0.25, 0.3) is 0 Å². The maximum atomic E-state index is 12.9. The molecule has 1 saturated heterocycles. The Kier molecular flexibility index (Phi) is 6.06. The number of carbonyl (C=O) groups excluding carboxylic acids is 2. The van der Waals surface area contributed by atoms with E-state index in [2.05, 4.69) is 4.98 Å². The molecule has 0 spiro atoms. The molecule has 0 aliphatic carbocycles. The van der Waals surface area contributed by atoms with Crippen LogP contribution in [0.25, 0.3) is 0 Å². The van der Waals surface area contributed by atoms with Crippen LogP contribution in [0.3, 0.4) is 0 Å². The quantitative estimate of drug-likeness (QED) is 0.579. The van der Waals surface area contributed by atoms with Crippen molar-refractivity contribution in [2.45, 2.75) is 25.8 Å². The zero-order valence-corrected chi connectivity index (χ0v) is 15.6. The maximum Gasteiger partial charge on any atom is 0.318 e. The Labute approximate surface area is 159 Å². The predicted molar refractivity (Wildman–Crippen MR) is 100 cm³/mol. The second-order valence-electron chi connectivity index (χ2n) is 6.55. The van der Waals surface area contributed by atoms with E-state index in [0.717, 1.165) is 11.3 Å². The van der Waals surface area contributed by atoms with Gasteiger partial charge in [0.2, 0.25) is 11.8 Å². The average Bonchev–Trinajstić information content (AvgIpc) is 2.70. The Bertz CT molecular complexity index is 794. The molecule has 2 atom stereocenters. The van der Waals surface area contributed by atoms with Crippen LogP contribution in [0.1, 0.15) is 30.5 Å². The lowest BCUT2D eigenvalue weighted by atomic mass is 9.86. The first kappa shape index (κ1) is 18.9. The third-order valence-electron chi connectivity index (χ3n) is 4.73. The Morgan fingerprint density at radius 3 is 2.67 bits per heavy atom. The number of hydrogen-bond donors (Lipinski definition) is 0. The molecule has 1 aliphatic heterocycles. The summed E-state index contributed by atoms with van der Waals surface area (Å²) in [5.74, 6) is -0.993. The highest BCUT2D eigenvalue weighted by Crippen LogP contribution is 2.32. The Morgan fingerprint density at radius 1 is 1.19 bits per heavy atom. The van der Waals surface area contributed by atoms with Gasteiger partial charge in [-0.15, -0.1) is 0 Å². The first-order valence-corrected chi connectivity index (χ1v) is 9.12. The van der Waals surface area contributed by atoms with E-state index in [4.69, 9.17) is 9.47 Å². The van der Waals surface area contributed by atoms with Crippen LogP contribution >= 0.6 is 0 Å². The molecule has 1 amide bonds. The SMILES string of the molecule is CCOC(=O)C1C[C@H](c2cccc(OC)n2)CN(Cc2ccccc2)C1=O. The average molecular weight is 368 g/mol. The molecular weight excluding hydrogens is 344 g/mol. The number of aromatic nitrogens is 1. The monoisotopic (exact) mass is 368 g/mol. The maximum absolute atomic E-state index is 12.9. The molecular formula is C21H24N2O4. The summed E-state index contributed by atoms with van der Waals surface area (Å²) in [5, 5.41) is 0. The normalized spacial score (nSPS) is 19.6. The number of hydrogen-bond acceptors (Lipinski definition) is 5. The molecule has 27 heavy (non-hydrogen) atoms. The minimum Gasteiger partial charge on any atom is -0.481 e. The van der Waals surface area contributed by atoms with Crippen molar-refractivity contribution in [3.63, 3.8) is 0 Å². The number of ether oxygens (including phenoxy) is 2. The van der Waals surface area contributed by atoms with Gasteiger partial charge in [-0.05, 0) is 25.0 Å². The number of esters is 1. The van der Waals surface area contributed by atoms with E-state index in [-0.39, 0.29) is 18.4 Å². The smallest absolute Gasteiger partial charge is 0.318 e. The first-order chi connectivity index (χ1) is 13.1. The van der Waals surface area contributed by atoms with Crippen LogP contribution in [0.5, 0.6) is 5.88 Å². The number of benzene rings is 1. The zero-order valence-electron chi connectivity index (χ0n) is 15.6. The van der Waals surface area contributed by atoms with Gasteiger partial charge in [0.05, 0.1) is 13.7 Å². The number of amides is 1. The highest BCUT2D eigenvalue weighted by Gasteiger charge is 2.40. The molecule has 1 aromatic carbocycles. The number of methoxy groups -OCH3 is 1. The molecule has 1 aliphatic rings. The molecule has 3 rings (SSSR count). The van der Waals surface area contributed by atoms with Crippen molar-refractivity contribution in [2.75, 3.05) is 20.3 Å². The predicted octanol–water partition coefficient (Wildman–Crippen LogP) is 2.79. The molecule has 2 heterocycles. The van der Waals surface area contributed by atoms with Crippen molar-refractivity contribution in [3.8, 4) is 5.88 Å². The summed E-state index contributed by atoms with van der Waals surface area (Å²) in [6, 6.07) is 15.3. The molecule has 6 nitrogen and oxygen atoms in total. The summed E-state index contributed by atoms with van der Waals surface area (Å²) in [4.78, 5) is 31.6. The van der Waals surface area contributed by atoms with Crippen LogP contribution in [0, 0.1) is 5.92 Å². The van der Waals surface area contributed by atoms with Crippen molar-refractivity contribution in [2.24, 2.45) is 5.92 Å². The highest BCUT2D eigenvalue weighted by atomic mass is 16.5. The number of pyridine rings is 1. The Morgan fingerprint density at radius 2 is 1.96 bits per heavy atom. The molecule has 1 fully saturated rings. The minimum absolute atomic E-state index is 0.0593. The van der Waals surface area contributed by atoms with Crippen LogP contribution in [0.4, 0.5) is 0 Å². The summed E-state index contributed by atoms with van der Waals surface area (Å²) in [6.45, 7) is 2.96. The van der Waals surface area contributed by atoms with Crippen molar-refractivity contribution in [1.82, 2.24) is 9.88 Å². The second-order valence-corrected chi connectivity index (χ2v) is 6.55. The lowest BCUT2D eigenvalue weighted by Gasteiger charge is -2.36. The zero-order chi connectivity index (χ0) is 19.2. The molecule has 142 valence electrons. The second kappa shape index (κ2) is 8.66. The summed E-state index contributed by atoms with van der Waals surface area (Å²) in [5.41, 5.74) is 1.84. The van der Waals surface area contributed by atoms with E-state index in [9.17, 15) is 9.59 Å². The van der Waals surface area contributed by atoms with E-state index in [1.54, 1.807) is 25.0 Å². The van der Waals surface area contributed by atoms with Crippen LogP contribution in [-0.2, 0) is 20.9 Å². The van der Waals surface area contributed by atoms with Gasteiger partial charge < -0.3 is 14.4 Å². The molecule has 0 saturated carbocycles. The van der Waals surface area contributed by atoms with Gasteiger partial charge in [0.1, 0.15) is 5.92 Å². The summed E-state index contributed by atoms with van der Waals surface area (Å²) >= 11 is 0. The number of carbonyl (C=O) groups is 2. The topological polar surface area (TPSA) is 68.7 Å². The molecule has 6 heteroatoms. The summed E-state index contributed by atoms with van der Waals surface area (Å²) in [6.07, 6.45) is 0.392. The standard InChI is InChI=1S/C21H24N2O4/c1-3-27-21(25)17-12-16(18-10-7-11-19(22-18)26-2)14-23(20(17)24)13-15-8-5-4-6-9-15/h4-11,16-17H,3,12-14H2,1-2H3/t16-,17?/m0/s1. The summed E-state index contributed by atoms with van der Waals surface area (Å²) in [7, 11) is 1.57. The van der Waals surface area contributed by atoms with Crippen molar-refractivity contribution in [3.05, 3.63) is 59.8 Å². The fourth-order valence-electron chi connectivity index (χ4n) is 3.41. The Hall–Kier alpha value is -2.89. The van der Waals surface area contributed by atoms with Crippen LogP contribution in [-0.4, -0.2) is 42.0 Å². The van der Waals surface area contributed by atoms with Gasteiger partial charge in [-0.1, -0.05) is 36.4 Å². The molecule has 1 unspecified atom stereocenters. The van der Waals surface area contributed by atoms with E-state index < -0.39 is 11.9 Å². The lowest BCUT2D eigenvalue weighted by molar-refractivity contribution is -0.158. The number of rotatable bonds is 6. The number of likely N-dealkylation sites (tertiary alicyclic amines) is 1. The molecule has 2 aromatic rings. The lowest BCUT2D eigenvalue weighted by Crippen LogP contribution is -2.47. The summed E-state index contributed by atoms with van der Waals surface area (Å²) < 4.78 is 10.4. The fourth-order valence-corrected chi connectivity index (χ4v) is 3.41. The van der Waals surface area contributed by atoms with Gasteiger partial charge in [0.15, 0.2) is 0 Å². The number of piperidine rings is 1. The van der Waals surface area contributed by atoms with Crippen LogP contribution in [0.2, 0.25) is 0 Å². The van der Waals surface area contributed by atoms with E-state index in [1.807, 2.05) is 42.5 Å². The Balaban J connectivity index is 1.87. The van der Waals surface area contributed by atoms with Crippen molar-refractivity contribution >= 4 is 11.9 Å². The third-order valence-corrected chi connectivity index (χ3v) is 4.73. The van der Waals surface area contributed by atoms with E-state index in [0.29, 0.717) is 25.4 Å².